The summed E-state index contributed by atoms with van der Waals surface area (Å²) in [5, 5.41) is 8.58. The zero-order valence-electron chi connectivity index (χ0n) is 9.77. The van der Waals surface area contributed by atoms with E-state index in [4.69, 9.17) is 5.11 Å². The monoisotopic (exact) mass is 233 g/mol. The second kappa shape index (κ2) is 4.57. The summed E-state index contributed by atoms with van der Waals surface area (Å²) in [5.41, 5.74) is 2.59. The first-order chi connectivity index (χ1) is 8.09. The van der Waals surface area contributed by atoms with E-state index < -0.39 is 5.97 Å². The Bertz CT molecular complexity index is 540. The zero-order chi connectivity index (χ0) is 12.4. The molecule has 0 amide bonds. The van der Waals surface area contributed by atoms with Crippen molar-refractivity contribution in [3.8, 4) is 0 Å². The normalized spacial score (nSPS) is 14.9. The molecule has 0 fully saturated rings. The van der Waals surface area contributed by atoms with E-state index in [1.54, 1.807) is 11.6 Å². The summed E-state index contributed by atoms with van der Waals surface area (Å²) < 4.78 is 1.65. The van der Waals surface area contributed by atoms with Gasteiger partial charge in [0.1, 0.15) is 0 Å². The van der Waals surface area contributed by atoms with Gasteiger partial charge in [0, 0.05) is 24.4 Å². The number of aromatic nitrogens is 1. The summed E-state index contributed by atoms with van der Waals surface area (Å²) in [5.74, 6) is -1.04. The Morgan fingerprint density at radius 2 is 2.12 bits per heavy atom. The van der Waals surface area contributed by atoms with E-state index in [-0.39, 0.29) is 5.56 Å². The van der Waals surface area contributed by atoms with Crippen LogP contribution in [-0.4, -0.2) is 15.6 Å². The van der Waals surface area contributed by atoms with Gasteiger partial charge in [-0.2, -0.15) is 0 Å². The predicted molar refractivity (Wildman–Crippen MR) is 65.0 cm³/mol. The minimum absolute atomic E-state index is 0.122. The maximum Gasteiger partial charge on any atom is 0.328 e. The Labute approximate surface area is 99.2 Å². The molecule has 0 radical (unpaired) electrons. The lowest BCUT2D eigenvalue weighted by molar-refractivity contribution is -0.131. The predicted octanol–water partition coefficient (Wildman–Crippen LogP) is 1.36. The van der Waals surface area contributed by atoms with Crippen molar-refractivity contribution in [2.75, 3.05) is 0 Å². The van der Waals surface area contributed by atoms with Gasteiger partial charge >= 0.3 is 5.97 Å². The number of carboxylic acids is 1. The van der Waals surface area contributed by atoms with E-state index in [2.05, 4.69) is 0 Å². The molecule has 17 heavy (non-hydrogen) atoms. The molecule has 0 bridgehead atoms. The van der Waals surface area contributed by atoms with Crippen molar-refractivity contribution in [2.24, 2.45) is 7.05 Å². The van der Waals surface area contributed by atoms with Crippen LogP contribution < -0.4 is 5.56 Å². The fraction of sp³-hybridized carbons (Fsp3) is 0.385. The Kier molecular flexibility index (Phi) is 3.13. The van der Waals surface area contributed by atoms with Gasteiger partial charge in [-0.05, 0) is 43.4 Å². The number of hydrogen-bond acceptors (Lipinski definition) is 2. The van der Waals surface area contributed by atoms with Crippen LogP contribution in [-0.2, 0) is 24.7 Å². The van der Waals surface area contributed by atoms with Gasteiger partial charge in [-0.1, -0.05) is 0 Å². The Morgan fingerprint density at radius 3 is 2.82 bits per heavy atom. The third kappa shape index (κ3) is 2.30. The maximum atomic E-state index is 12.0. The average Bonchev–Trinajstić information content (AvgIpc) is 2.32. The maximum absolute atomic E-state index is 12.0. The third-order valence-corrected chi connectivity index (χ3v) is 3.17. The second-order valence-electron chi connectivity index (χ2n) is 4.31. The Balaban J connectivity index is 2.51. The van der Waals surface area contributed by atoms with Crippen molar-refractivity contribution in [1.29, 1.82) is 0 Å². The number of nitrogens with zero attached hydrogens (tertiary/aromatic N) is 1. The van der Waals surface area contributed by atoms with Crippen LogP contribution in [0.25, 0.3) is 6.08 Å². The molecule has 0 atom stereocenters. The van der Waals surface area contributed by atoms with Gasteiger partial charge < -0.3 is 9.67 Å². The molecule has 1 aliphatic rings. The molecular weight excluding hydrogens is 218 g/mol. The van der Waals surface area contributed by atoms with Gasteiger partial charge in [0.05, 0.1) is 0 Å². The number of carbonyl (C=O) groups is 1. The number of rotatable bonds is 2. The fourth-order valence-corrected chi connectivity index (χ4v) is 2.30. The van der Waals surface area contributed by atoms with Gasteiger partial charge in [-0.15, -0.1) is 0 Å². The Morgan fingerprint density at radius 1 is 1.41 bits per heavy atom. The molecule has 0 saturated carbocycles. The molecule has 1 aromatic rings. The lowest BCUT2D eigenvalue weighted by atomic mass is 9.94. The van der Waals surface area contributed by atoms with Crippen LogP contribution in [0, 0.1) is 0 Å². The molecule has 0 spiro atoms. The average molecular weight is 233 g/mol. The van der Waals surface area contributed by atoms with Crippen LogP contribution in [0.1, 0.15) is 29.7 Å². The molecule has 1 heterocycles. The molecular formula is C13H15NO3. The van der Waals surface area contributed by atoms with Crippen LogP contribution in [0.15, 0.2) is 16.9 Å². The van der Waals surface area contributed by atoms with E-state index in [0.717, 1.165) is 37.5 Å². The largest absolute Gasteiger partial charge is 0.478 e. The van der Waals surface area contributed by atoms with E-state index in [0.29, 0.717) is 5.56 Å². The quantitative estimate of drug-likeness (QED) is 0.785. The number of pyridine rings is 1. The highest BCUT2D eigenvalue weighted by molar-refractivity contribution is 5.85. The minimum atomic E-state index is -1.04. The topological polar surface area (TPSA) is 59.3 Å². The summed E-state index contributed by atoms with van der Waals surface area (Å²) in [7, 11) is 1.75. The third-order valence-electron chi connectivity index (χ3n) is 3.17. The SMILES string of the molecule is Cn1c2c(cc(/C=C/C(=O)O)c1=O)CCCC2. The lowest BCUT2D eigenvalue weighted by Crippen LogP contribution is -2.26. The number of fused-ring (bicyclic) bond motifs is 1. The summed E-state index contributed by atoms with van der Waals surface area (Å²) in [4.78, 5) is 22.4. The highest BCUT2D eigenvalue weighted by Crippen LogP contribution is 2.20. The molecule has 4 heteroatoms. The van der Waals surface area contributed by atoms with Gasteiger partial charge in [0.25, 0.3) is 5.56 Å². The second-order valence-corrected chi connectivity index (χ2v) is 4.31. The molecule has 1 aliphatic carbocycles. The Hall–Kier alpha value is -1.84. The van der Waals surface area contributed by atoms with E-state index in [1.807, 2.05) is 6.07 Å². The van der Waals surface area contributed by atoms with E-state index in [1.165, 1.54) is 11.6 Å². The van der Waals surface area contributed by atoms with Crippen molar-refractivity contribution in [1.82, 2.24) is 4.57 Å². The number of hydrogen-bond donors (Lipinski definition) is 1. The lowest BCUT2D eigenvalue weighted by Gasteiger charge is -2.19. The van der Waals surface area contributed by atoms with Gasteiger partial charge in [-0.3, -0.25) is 4.79 Å². The molecule has 1 N–H and O–H groups in total. The van der Waals surface area contributed by atoms with Crippen LogP contribution in [0.4, 0.5) is 0 Å². The highest BCUT2D eigenvalue weighted by Gasteiger charge is 2.14. The van der Waals surface area contributed by atoms with Crippen LogP contribution >= 0.6 is 0 Å². The van der Waals surface area contributed by atoms with Crippen molar-refractivity contribution in [3.05, 3.63) is 39.3 Å². The number of carboxylic acid groups (broad SMARTS) is 1. The molecule has 1 aromatic heterocycles. The van der Waals surface area contributed by atoms with Gasteiger partial charge in [0.2, 0.25) is 0 Å². The number of aliphatic carboxylic acids is 1. The van der Waals surface area contributed by atoms with Crippen LogP contribution in [0.2, 0.25) is 0 Å². The molecule has 4 nitrogen and oxygen atoms in total. The summed E-state index contributed by atoms with van der Waals surface area (Å²) in [6.07, 6.45) is 6.53. The fourth-order valence-electron chi connectivity index (χ4n) is 2.30. The van der Waals surface area contributed by atoms with E-state index >= 15 is 0 Å². The molecule has 0 saturated heterocycles. The standard InChI is InChI=1S/C13H15NO3/c1-14-11-5-3-2-4-9(11)8-10(13(14)17)6-7-12(15)16/h6-8H,2-5H2,1H3,(H,15,16)/b7-6+. The van der Waals surface area contributed by atoms with Gasteiger partial charge in [0.15, 0.2) is 0 Å². The summed E-state index contributed by atoms with van der Waals surface area (Å²) in [6, 6.07) is 1.83. The molecule has 0 unspecified atom stereocenters. The van der Waals surface area contributed by atoms with E-state index in [9.17, 15) is 9.59 Å². The van der Waals surface area contributed by atoms with Crippen LogP contribution in [0.3, 0.4) is 0 Å². The minimum Gasteiger partial charge on any atom is -0.478 e. The van der Waals surface area contributed by atoms with Crippen molar-refractivity contribution in [3.63, 3.8) is 0 Å². The zero-order valence-corrected chi connectivity index (χ0v) is 9.77. The van der Waals surface area contributed by atoms with Crippen molar-refractivity contribution in [2.45, 2.75) is 25.7 Å². The molecule has 2 rings (SSSR count). The smallest absolute Gasteiger partial charge is 0.328 e. The highest BCUT2D eigenvalue weighted by atomic mass is 16.4. The number of aryl methyl sites for hydroxylation is 1. The molecule has 0 aromatic carbocycles. The van der Waals surface area contributed by atoms with Gasteiger partial charge in [-0.25, -0.2) is 4.79 Å². The first kappa shape index (κ1) is 11.6. The molecule has 90 valence electrons. The molecule has 0 aliphatic heterocycles. The first-order valence-electron chi connectivity index (χ1n) is 5.72. The summed E-state index contributed by atoms with van der Waals surface area (Å²) >= 11 is 0. The first-order valence-corrected chi connectivity index (χ1v) is 5.72. The van der Waals surface area contributed by atoms with Crippen LogP contribution in [0.5, 0.6) is 0 Å². The van der Waals surface area contributed by atoms with Crippen molar-refractivity contribution < 1.29 is 9.90 Å². The summed E-state index contributed by atoms with van der Waals surface area (Å²) in [6.45, 7) is 0. The van der Waals surface area contributed by atoms with Crippen molar-refractivity contribution >= 4 is 12.0 Å².